The third-order valence-corrected chi connectivity index (χ3v) is 3.12. The number of fused-ring (bicyclic) bond motifs is 1. The van der Waals surface area contributed by atoms with Crippen molar-refractivity contribution >= 4 is 10.9 Å². The molecule has 17 heavy (non-hydrogen) atoms. The van der Waals surface area contributed by atoms with Crippen molar-refractivity contribution in [3.63, 3.8) is 0 Å². The van der Waals surface area contributed by atoms with E-state index in [1.807, 2.05) is 30.7 Å². The molecule has 0 fully saturated rings. The van der Waals surface area contributed by atoms with Gasteiger partial charge in [-0.25, -0.2) is 0 Å². The Hall–Kier alpha value is -1.99. The average molecular weight is 229 g/mol. The zero-order valence-electron chi connectivity index (χ0n) is 10.2. The van der Waals surface area contributed by atoms with Gasteiger partial charge in [0.1, 0.15) is 17.5 Å². The Morgan fingerprint density at radius 2 is 2.18 bits per heavy atom. The van der Waals surface area contributed by atoms with Gasteiger partial charge in [0.15, 0.2) is 0 Å². The summed E-state index contributed by atoms with van der Waals surface area (Å²) in [6, 6.07) is 6.10. The van der Waals surface area contributed by atoms with Crippen LogP contribution in [0.15, 0.2) is 12.1 Å². The highest BCUT2D eigenvalue weighted by Gasteiger charge is 2.16. The largest absolute Gasteiger partial charge is 0.497 e. The number of benzene rings is 1. The van der Waals surface area contributed by atoms with E-state index < -0.39 is 0 Å². The zero-order valence-corrected chi connectivity index (χ0v) is 10.2. The van der Waals surface area contributed by atoms with Crippen LogP contribution < -0.4 is 10.5 Å². The van der Waals surface area contributed by atoms with Gasteiger partial charge in [0, 0.05) is 30.6 Å². The molecule has 2 aromatic rings. The molecule has 0 atom stereocenters. The fourth-order valence-electron chi connectivity index (χ4n) is 2.29. The van der Waals surface area contributed by atoms with Gasteiger partial charge in [-0.1, -0.05) is 0 Å². The molecule has 2 rings (SSSR count). The quantitative estimate of drug-likeness (QED) is 0.854. The summed E-state index contributed by atoms with van der Waals surface area (Å²) in [4.78, 5) is 0. The maximum Gasteiger partial charge on any atom is 0.125 e. The van der Waals surface area contributed by atoms with E-state index in [1.54, 1.807) is 7.11 Å². The number of aryl methyl sites for hydroxylation is 2. The molecule has 0 saturated carbocycles. The lowest BCUT2D eigenvalue weighted by atomic mass is 10.1. The number of nitriles is 1. The summed E-state index contributed by atoms with van der Waals surface area (Å²) in [7, 11) is 3.51. The molecule has 0 unspecified atom stereocenters. The topological polar surface area (TPSA) is 64.0 Å². The van der Waals surface area contributed by atoms with Gasteiger partial charge in [0.05, 0.1) is 12.6 Å². The zero-order chi connectivity index (χ0) is 12.6. The number of nitrogens with zero attached hydrogens (tertiary/aromatic N) is 2. The van der Waals surface area contributed by atoms with Crippen LogP contribution in [0.2, 0.25) is 0 Å². The third kappa shape index (κ3) is 1.56. The third-order valence-electron chi connectivity index (χ3n) is 3.12. The number of nitrogens with two attached hydrogens (primary N) is 1. The van der Waals surface area contributed by atoms with Gasteiger partial charge in [-0.15, -0.1) is 0 Å². The van der Waals surface area contributed by atoms with E-state index in [4.69, 9.17) is 10.5 Å². The minimum absolute atomic E-state index is 0.368. The molecular formula is C13H15N3O. The van der Waals surface area contributed by atoms with Crippen LogP contribution in [0.1, 0.15) is 16.8 Å². The van der Waals surface area contributed by atoms with Crippen LogP contribution in [-0.4, -0.2) is 11.7 Å². The van der Waals surface area contributed by atoms with Crippen molar-refractivity contribution in [3.8, 4) is 11.8 Å². The van der Waals surface area contributed by atoms with Gasteiger partial charge in [0.25, 0.3) is 0 Å². The highest BCUT2D eigenvalue weighted by Crippen LogP contribution is 2.31. The van der Waals surface area contributed by atoms with Gasteiger partial charge in [0.2, 0.25) is 0 Å². The molecule has 88 valence electrons. The van der Waals surface area contributed by atoms with E-state index in [2.05, 4.69) is 6.07 Å². The molecule has 4 nitrogen and oxygen atoms in total. The van der Waals surface area contributed by atoms with Crippen molar-refractivity contribution < 1.29 is 4.74 Å². The Labute approximate surface area is 100 Å². The lowest BCUT2D eigenvalue weighted by molar-refractivity contribution is 0.415. The maximum atomic E-state index is 9.19. The number of methoxy groups -OCH3 is 1. The molecule has 1 aromatic heterocycles. The summed E-state index contributed by atoms with van der Waals surface area (Å²) in [5.74, 6) is 0.795. The summed E-state index contributed by atoms with van der Waals surface area (Å²) in [6.45, 7) is 2.37. The summed E-state index contributed by atoms with van der Waals surface area (Å²) in [6.07, 6.45) is 0. The first-order valence-electron chi connectivity index (χ1n) is 5.40. The molecule has 1 aromatic carbocycles. The summed E-state index contributed by atoms with van der Waals surface area (Å²) >= 11 is 0. The number of aromatic nitrogens is 1. The van der Waals surface area contributed by atoms with Crippen molar-refractivity contribution in [2.75, 3.05) is 7.11 Å². The Kier molecular flexibility index (Phi) is 2.78. The Balaban J connectivity index is 2.94. The fraction of sp³-hybridized carbons (Fsp3) is 0.308. The lowest BCUT2D eigenvalue weighted by Crippen LogP contribution is -2.00. The molecule has 0 aliphatic heterocycles. The minimum atomic E-state index is 0.368. The van der Waals surface area contributed by atoms with Crippen molar-refractivity contribution in [2.24, 2.45) is 12.8 Å². The molecule has 2 N–H and O–H groups in total. The Bertz CT molecular complexity index is 620. The molecule has 0 saturated heterocycles. The highest BCUT2D eigenvalue weighted by atomic mass is 16.5. The summed E-state index contributed by atoms with van der Waals surface area (Å²) in [5, 5.41) is 10.3. The van der Waals surface area contributed by atoms with Gasteiger partial charge in [-0.3, -0.25) is 0 Å². The second-order valence-electron chi connectivity index (χ2n) is 4.04. The van der Waals surface area contributed by atoms with E-state index in [1.165, 1.54) is 0 Å². The van der Waals surface area contributed by atoms with Crippen molar-refractivity contribution in [1.29, 1.82) is 5.26 Å². The summed E-state index contributed by atoms with van der Waals surface area (Å²) in [5.41, 5.74) is 9.35. The molecule has 0 aliphatic rings. The van der Waals surface area contributed by atoms with Crippen molar-refractivity contribution in [1.82, 2.24) is 4.57 Å². The van der Waals surface area contributed by atoms with Crippen LogP contribution >= 0.6 is 0 Å². The minimum Gasteiger partial charge on any atom is -0.497 e. The first-order valence-corrected chi connectivity index (χ1v) is 5.40. The molecule has 0 radical (unpaired) electrons. The molecule has 1 heterocycles. The second kappa shape index (κ2) is 4.11. The molecule has 0 spiro atoms. The normalized spacial score (nSPS) is 10.5. The van der Waals surface area contributed by atoms with Crippen LogP contribution in [0.5, 0.6) is 5.75 Å². The maximum absolute atomic E-state index is 9.19. The Morgan fingerprint density at radius 3 is 2.71 bits per heavy atom. The molecule has 0 aliphatic carbocycles. The first kappa shape index (κ1) is 11.5. The van der Waals surface area contributed by atoms with Crippen LogP contribution in [0, 0.1) is 18.3 Å². The SMILES string of the molecule is COc1cc(C)c2c(CN)c(C#N)n(C)c2c1. The van der Waals surface area contributed by atoms with Crippen LogP contribution in [0.4, 0.5) is 0 Å². The van der Waals surface area contributed by atoms with Gasteiger partial charge >= 0.3 is 0 Å². The first-order chi connectivity index (χ1) is 8.13. The van der Waals surface area contributed by atoms with Gasteiger partial charge in [-0.2, -0.15) is 5.26 Å². The van der Waals surface area contributed by atoms with E-state index in [-0.39, 0.29) is 0 Å². The van der Waals surface area contributed by atoms with Crippen molar-refractivity contribution in [2.45, 2.75) is 13.5 Å². The van der Waals surface area contributed by atoms with E-state index in [0.29, 0.717) is 12.2 Å². The fourth-order valence-corrected chi connectivity index (χ4v) is 2.29. The number of hydrogen-bond donors (Lipinski definition) is 1. The Morgan fingerprint density at radius 1 is 1.47 bits per heavy atom. The smallest absolute Gasteiger partial charge is 0.125 e. The molecule has 0 amide bonds. The number of hydrogen-bond acceptors (Lipinski definition) is 3. The van der Waals surface area contributed by atoms with Crippen LogP contribution in [0.25, 0.3) is 10.9 Å². The predicted octanol–water partition coefficient (Wildman–Crippen LogP) is 1.83. The number of rotatable bonds is 2. The number of ether oxygens (including phenoxy) is 1. The van der Waals surface area contributed by atoms with Gasteiger partial charge in [-0.05, 0) is 18.6 Å². The van der Waals surface area contributed by atoms with Gasteiger partial charge < -0.3 is 15.0 Å². The second-order valence-corrected chi connectivity index (χ2v) is 4.04. The van der Waals surface area contributed by atoms with Crippen molar-refractivity contribution in [3.05, 3.63) is 29.0 Å². The van der Waals surface area contributed by atoms with Crippen LogP contribution in [0.3, 0.4) is 0 Å². The standard InChI is InChI=1S/C13H15N3O/c1-8-4-9(17-3)5-11-13(8)10(6-14)12(7-15)16(11)2/h4-5H,6,14H2,1-3H3. The predicted molar refractivity (Wildman–Crippen MR) is 66.8 cm³/mol. The van der Waals surface area contributed by atoms with E-state index in [0.717, 1.165) is 27.8 Å². The lowest BCUT2D eigenvalue weighted by Gasteiger charge is -2.05. The molecular weight excluding hydrogens is 214 g/mol. The molecule has 0 bridgehead atoms. The molecule has 4 heteroatoms. The average Bonchev–Trinajstić information content (AvgIpc) is 2.62. The van der Waals surface area contributed by atoms with E-state index >= 15 is 0 Å². The highest BCUT2D eigenvalue weighted by molar-refractivity contribution is 5.90. The van der Waals surface area contributed by atoms with E-state index in [9.17, 15) is 5.26 Å². The monoisotopic (exact) mass is 229 g/mol. The summed E-state index contributed by atoms with van der Waals surface area (Å²) < 4.78 is 7.12. The van der Waals surface area contributed by atoms with Crippen LogP contribution in [-0.2, 0) is 13.6 Å².